The number of nitrogens with zero attached hydrogens (tertiary/aromatic N) is 2. The van der Waals surface area contributed by atoms with E-state index in [1.807, 2.05) is 13.1 Å². The molecule has 1 aromatic rings. The summed E-state index contributed by atoms with van der Waals surface area (Å²) in [4.78, 5) is 6.77. The fraction of sp³-hybridized carbons (Fsp3) is 0.562. The van der Waals surface area contributed by atoms with E-state index in [1.54, 1.807) is 0 Å². The second-order valence-electron chi connectivity index (χ2n) is 6.42. The van der Waals surface area contributed by atoms with Crippen molar-refractivity contribution in [3.8, 4) is 0 Å². The fourth-order valence-electron chi connectivity index (χ4n) is 2.47. The van der Waals surface area contributed by atoms with Gasteiger partial charge in [0.15, 0.2) is 5.96 Å². The highest BCUT2D eigenvalue weighted by Crippen LogP contribution is 2.46. The van der Waals surface area contributed by atoms with Gasteiger partial charge >= 0.3 is 0 Å². The second kappa shape index (κ2) is 4.87. The zero-order valence-corrected chi connectivity index (χ0v) is 12.7. The summed E-state index contributed by atoms with van der Waals surface area (Å²) >= 11 is 0. The van der Waals surface area contributed by atoms with Crippen molar-refractivity contribution in [2.45, 2.75) is 39.8 Å². The van der Waals surface area contributed by atoms with E-state index in [1.165, 1.54) is 5.56 Å². The van der Waals surface area contributed by atoms with Crippen molar-refractivity contribution in [1.82, 2.24) is 10.2 Å². The van der Waals surface area contributed by atoms with Crippen molar-refractivity contribution in [3.05, 3.63) is 35.9 Å². The van der Waals surface area contributed by atoms with E-state index in [9.17, 15) is 0 Å². The van der Waals surface area contributed by atoms with E-state index in [0.29, 0.717) is 5.41 Å². The summed E-state index contributed by atoms with van der Waals surface area (Å²) in [5, 5.41) is 3.46. The van der Waals surface area contributed by atoms with Gasteiger partial charge in [-0.3, -0.25) is 4.99 Å². The highest BCUT2D eigenvalue weighted by Gasteiger charge is 2.53. The minimum absolute atomic E-state index is 0.144. The van der Waals surface area contributed by atoms with Gasteiger partial charge in [0, 0.05) is 31.1 Å². The standard InChI is InChI=1S/C16H25N3/c1-15(2)12-19(16(15,3)4)14(17-5)18-11-13-9-7-6-8-10-13/h6-10H,11-12H2,1-5H3,(H,17,18). The van der Waals surface area contributed by atoms with Crippen molar-refractivity contribution >= 4 is 5.96 Å². The topological polar surface area (TPSA) is 27.6 Å². The molecule has 0 aliphatic carbocycles. The predicted molar refractivity (Wildman–Crippen MR) is 81.2 cm³/mol. The first-order valence-electron chi connectivity index (χ1n) is 6.91. The number of likely N-dealkylation sites (tertiary alicyclic amines) is 1. The molecule has 0 radical (unpaired) electrons. The molecule has 1 fully saturated rings. The highest BCUT2D eigenvalue weighted by atomic mass is 15.4. The zero-order valence-electron chi connectivity index (χ0n) is 12.7. The first kappa shape index (κ1) is 13.9. The van der Waals surface area contributed by atoms with Crippen LogP contribution < -0.4 is 5.32 Å². The van der Waals surface area contributed by atoms with Crippen LogP contribution in [0.3, 0.4) is 0 Å². The van der Waals surface area contributed by atoms with Crippen molar-refractivity contribution in [1.29, 1.82) is 0 Å². The Morgan fingerprint density at radius 1 is 1.21 bits per heavy atom. The van der Waals surface area contributed by atoms with Crippen LogP contribution in [0.2, 0.25) is 0 Å². The molecule has 0 atom stereocenters. The maximum absolute atomic E-state index is 4.42. The number of nitrogens with one attached hydrogen (secondary N) is 1. The molecule has 3 nitrogen and oxygen atoms in total. The van der Waals surface area contributed by atoms with E-state index >= 15 is 0 Å². The number of rotatable bonds is 2. The van der Waals surface area contributed by atoms with E-state index in [-0.39, 0.29) is 5.54 Å². The maximum Gasteiger partial charge on any atom is 0.194 e. The average Bonchev–Trinajstić information content (AvgIpc) is 2.39. The molecule has 0 amide bonds. The Labute approximate surface area is 116 Å². The minimum Gasteiger partial charge on any atom is -0.352 e. The van der Waals surface area contributed by atoms with Gasteiger partial charge in [0.2, 0.25) is 0 Å². The van der Waals surface area contributed by atoms with Crippen molar-refractivity contribution in [3.63, 3.8) is 0 Å². The van der Waals surface area contributed by atoms with Crippen LogP contribution in [0, 0.1) is 5.41 Å². The lowest BCUT2D eigenvalue weighted by Crippen LogP contribution is -2.72. The third kappa shape index (κ3) is 2.46. The first-order valence-corrected chi connectivity index (χ1v) is 6.91. The maximum atomic E-state index is 4.42. The molecule has 1 aliphatic heterocycles. The summed E-state index contributed by atoms with van der Waals surface area (Å²) in [6.45, 7) is 11.1. The Kier molecular flexibility index (Phi) is 3.57. The summed E-state index contributed by atoms with van der Waals surface area (Å²) in [6, 6.07) is 10.4. The van der Waals surface area contributed by atoms with Gasteiger partial charge in [-0.15, -0.1) is 0 Å². The average molecular weight is 259 g/mol. The monoisotopic (exact) mass is 259 g/mol. The summed E-state index contributed by atoms with van der Waals surface area (Å²) < 4.78 is 0. The Bertz CT molecular complexity index is 460. The molecule has 1 saturated heterocycles. The molecule has 2 rings (SSSR count). The second-order valence-corrected chi connectivity index (χ2v) is 6.42. The fourth-order valence-corrected chi connectivity index (χ4v) is 2.47. The molecule has 3 heteroatoms. The van der Waals surface area contributed by atoms with Crippen LogP contribution in [-0.2, 0) is 6.54 Å². The van der Waals surface area contributed by atoms with Crippen LogP contribution >= 0.6 is 0 Å². The number of hydrogen-bond acceptors (Lipinski definition) is 1. The smallest absolute Gasteiger partial charge is 0.194 e. The van der Waals surface area contributed by atoms with Crippen molar-refractivity contribution < 1.29 is 0 Å². The first-order chi connectivity index (χ1) is 8.88. The summed E-state index contributed by atoms with van der Waals surface area (Å²) in [5.41, 5.74) is 1.75. The molecule has 1 aliphatic rings. The van der Waals surface area contributed by atoms with Gasteiger partial charge in [0.05, 0.1) is 0 Å². The van der Waals surface area contributed by atoms with E-state index in [0.717, 1.165) is 19.0 Å². The van der Waals surface area contributed by atoms with E-state index in [4.69, 9.17) is 0 Å². The van der Waals surface area contributed by atoms with Crippen molar-refractivity contribution in [2.24, 2.45) is 10.4 Å². The summed E-state index contributed by atoms with van der Waals surface area (Å²) in [7, 11) is 1.86. The van der Waals surface area contributed by atoms with Gasteiger partial charge in [0.25, 0.3) is 0 Å². The third-order valence-corrected chi connectivity index (χ3v) is 4.65. The largest absolute Gasteiger partial charge is 0.352 e. The lowest BCUT2D eigenvalue weighted by molar-refractivity contribution is -0.0667. The lowest BCUT2D eigenvalue weighted by atomic mass is 9.65. The van der Waals surface area contributed by atoms with Gasteiger partial charge in [-0.2, -0.15) is 0 Å². The number of benzene rings is 1. The van der Waals surface area contributed by atoms with Gasteiger partial charge < -0.3 is 10.2 Å². The van der Waals surface area contributed by atoms with Crippen LogP contribution in [0.4, 0.5) is 0 Å². The van der Waals surface area contributed by atoms with Gasteiger partial charge in [-0.25, -0.2) is 0 Å². The Morgan fingerprint density at radius 3 is 2.32 bits per heavy atom. The third-order valence-electron chi connectivity index (χ3n) is 4.65. The number of aliphatic imine (C=N–C) groups is 1. The van der Waals surface area contributed by atoms with Crippen LogP contribution in [0.1, 0.15) is 33.3 Å². The van der Waals surface area contributed by atoms with E-state index < -0.39 is 0 Å². The molecule has 0 spiro atoms. The number of guanidine groups is 1. The van der Waals surface area contributed by atoms with Gasteiger partial charge in [-0.1, -0.05) is 44.2 Å². The Morgan fingerprint density at radius 2 is 1.84 bits per heavy atom. The molecular formula is C16H25N3. The Hall–Kier alpha value is -1.51. The molecule has 1 N–H and O–H groups in total. The van der Waals surface area contributed by atoms with Crippen LogP contribution in [-0.4, -0.2) is 30.0 Å². The molecule has 19 heavy (non-hydrogen) atoms. The Balaban J connectivity index is 2.00. The molecule has 0 saturated carbocycles. The normalized spacial score (nSPS) is 20.9. The SMILES string of the molecule is CN=C(NCc1ccccc1)N1CC(C)(C)C1(C)C. The molecule has 0 aromatic heterocycles. The highest BCUT2D eigenvalue weighted by molar-refractivity contribution is 5.82. The van der Waals surface area contributed by atoms with Crippen LogP contribution in [0.15, 0.2) is 35.3 Å². The molecule has 104 valence electrons. The van der Waals surface area contributed by atoms with Crippen LogP contribution in [0.5, 0.6) is 0 Å². The summed E-state index contributed by atoms with van der Waals surface area (Å²) in [6.07, 6.45) is 0. The van der Waals surface area contributed by atoms with Gasteiger partial charge in [-0.05, 0) is 19.4 Å². The van der Waals surface area contributed by atoms with Gasteiger partial charge in [0.1, 0.15) is 0 Å². The van der Waals surface area contributed by atoms with Crippen LogP contribution in [0.25, 0.3) is 0 Å². The summed E-state index contributed by atoms with van der Waals surface area (Å²) in [5.74, 6) is 0.994. The zero-order chi connectivity index (χ0) is 14.1. The molecule has 0 bridgehead atoms. The van der Waals surface area contributed by atoms with E-state index in [2.05, 4.69) is 67.2 Å². The predicted octanol–water partition coefficient (Wildman–Crippen LogP) is 2.88. The molecule has 1 aromatic carbocycles. The molecule has 1 heterocycles. The van der Waals surface area contributed by atoms with Crippen molar-refractivity contribution in [2.75, 3.05) is 13.6 Å². The molecule has 0 unspecified atom stereocenters. The minimum atomic E-state index is 0.144. The lowest BCUT2D eigenvalue weighted by Gasteiger charge is -2.62. The quantitative estimate of drug-likeness (QED) is 0.653. The number of hydrogen-bond donors (Lipinski definition) is 1. The molecular weight excluding hydrogens is 234 g/mol.